The molecule has 196 valence electrons. The van der Waals surface area contributed by atoms with Crippen LogP contribution in [0.2, 0.25) is 0 Å². The normalized spacial score (nSPS) is 14.3. The van der Waals surface area contributed by atoms with Crippen LogP contribution in [-0.4, -0.2) is 53.8 Å². The van der Waals surface area contributed by atoms with E-state index in [0.717, 1.165) is 17.1 Å². The van der Waals surface area contributed by atoms with Crippen LogP contribution in [0.1, 0.15) is 12.8 Å². The molecule has 1 saturated heterocycles. The standard InChI is InChI=1S/C25H26BrN3O6S2/c1-35-24-13-12-22(36(31,32)28-14-5-6-15-28)17-23(24)27-25(30)18-29(20-9-7-8-19(26)16-20)37(33,34)21-10-3-2-4-11-21/h2-4,7-13,16-17H,5-6,14-15,18H2,1H3,(H,27,30). The molecule has 0 unspecified atom stereocenters. The SMILES string of the molecule is COc1ccc(S(=O)(=O)N2CCCC2)cc1NC(=O)CN(c1cccc(Br)c1)S(=O)(=O)c1ccccc1. The summed E-state index contributed by atoms with van der Waals surface area (Å²) in [7, 11) is -6.44. The van der Waals surface area contributed by atoms with Crippen LogP contribution in [0.15, 0.2) is 87.1 Å². The average Bonchev–Trinajstić information content (AvgIpc) is 3.44. The van der Waals surface area contributed by atoms with Crippen molar-refractivity contribution in [3.8, 4) is 5.75 Å². The predicted molar refractivity (Wildman–Crippen MR) is 145 cm³/mol. The van der Waals surface area contributed by atoms with Gasteiger partial charge in [-0.2, -0.15) is 4.31 Å². The lowest BCUT2D eigenvalue weighted by Gasteiger charge is -2.24. The fourth-order valence-corrected chi connectivity index (χ4v) is 7.37. The first-order valence-corrected chi connectivity index (χ1v) is 15.1. The Balaban J connectivity index is 1.66. The van der Waals surface area contributed by atoms with Crippen LogP contribution in [0.4, 0.5) is 11.4 Å². The van der Waals surface area contributed by atoms with Gasteiger partial charge in [-0.1, -0.05) is 40.2 Å². The van der Waals surface area contributed by atoms with Crippen molar-refractivity contribution in [2.75, 3.05) is 36.4 Å². The monoisotopic (exact) mass is 607 g/mol. The summed E-state index contributed by atoms with van der Waals surface area (Å²) < 4.78 is 61.5. The molecule has 9 nitrogen and oxygen atoms in total. The molecular weight excluding hydrogens is 582 g/mol. The lowest BCUT2D eigenvalue weighted by Crippen LogP contribution is -2.38. The second kappa shape index (κ2) is 11.2. The van der Waals surface area contributed by atoms with Crippen LogP contribution >= 0.6 is 15.9 Å². The Morgan fingerprint density at radius 1 is 0.946 bits per heavy atom. The zero-order valence-corrected chi connectivity index (χ0v) is 23.2. The second-order valence-corrected chi connectivity index (χ2v) is 13.0. The third-order valence-corrected chi connectivity index (χ3v) is 10.0. The number of halogens is 1. The number of nitrogens with zero attached hydrogens (tertiary/aromatic N) is 2. The van der Waals surface area contributed by atoms with E-state index in [9.17, 15) is 21.6 Å². The number of nitrogens with one attached hydrogen (secondary N) is 1. The molecule has 1 heterocycles. The molecule has 1 aliphatic heterocycles. The highest BCUT2D eigenvalue weighted by Gasteiger charge is 2.30. The maximum atomic E-state index is 13.5. The third kappa shape index (κ3) is 5.98. The number of methoxy groups -OCH3 is 1. The molecule has 1 aliphatic rings. The van der Waals surface area contributed by atoms with Crippen molar-refractivity contribution in [3.05, 3.63) is 77.3 Å². The fourth-order valence-electron chi connectivity index (χ4n) is 4.01. The van der Waals surface area contributed by atoms with Gasteiger partial charge in [-0.25, -0.2) is 16.8 Å². The Morgan fingerprint density at radius 2 is 1.65 bits per heavy atom. The molecule has 0 saturated carbocycles. The molecule has 0 spiro atoms. The number of rotatable bonds is 9. The van der Waals surface area contributed by atoms with Gasteiger partial charge in [0, 0.05) is 17.6 Å². The van der Waals surface area contributed by atoms with Gasteiger partial charge in [-0.15, -0.1) is 0 Å². The van der Waals surface area contributed by atoms with E-state index in [0.29, 0.717) is 17.6 Å². The number of hydrogen-bond acceptors (Lipinski definition) is 6. The van der Waals surface area contributed by atoms with Crippen molar-refractivity contribution >= 4 is 53.3 Å². The molecular formula is C25H26BrN3O6S2. The van der Waals surface area contributed by atoms with Gasteiger partial charge in [-0.05, 0) is 61.4 Å². The van der Waals surface area contributed by atoms with E-state index >= 15 is 0 Å². The van der Waals surface area contributed by atoms with Crippen LogP contribution in [0.25, 0.3) is 0 Å². The largest absolute Gasteiger partial charge is 0.495 e. The minimum atomic E-state index is -4.10. The molecule has 0 bridgehead atoms. The maximum Gasteiger partial charge on any atom is 0.264 e. The molecule has 0 aromatic heterocycles. The number of amides is 1. The highest BCUT2D eigenvalue weighted by atomic mass is 79.9. The van der Waals surface area contributed by atoms with Gasteiger partial charge < -0.3 is 10.1 Å². The molecule has 0 aliphatic carbocycles. The van der Waals surface area contributed by atoms with Crippen LogP contribution in [-0.2, 0) is 24.8 Å². The van der Waals surface area contributed by atoms with Gasteiger partial charge in [0.1, 0.15) is 12.3 Å². The van der Waals surface area contributed by atoms with Crippen LogP contribution < -0.4 is 14.4 Å². The first kappa shape index (κ1) is 27.1. The summed E-state index contributed by atoms with van der Waals surface area (Å²) in [4.78, 5) is 13.2. The van der Waals surface area contributed by atoms with E-state index in [-0.39, 0.29) is 26.9 Å². The Bertz CT molecular complexity index is 1490. The number of carbonyl (C=O) groups excluding carboxylic acids is 1. The van der Waals surface area contributed by atoms with Crippen molar-refractivity contribution < 1.29 is 26.4 Å². The van der Waals surface area contributed by atoms with E-state index in [2.05, 4.69) is 21.2 Å². The van der Waals surface area contributed by atoms with E-state index in [1.54, 1.807) is 42.5 Å². The highest BCUT2D eigenvalue weighted by Crippen LogP contribution is 2.31. The molecule has 0 radical (unpaired) electrons. The van der Waals surface area contributed by atoms with E-state index in [4.69, 9.17) is 4.74 Å². The molecule has 1 amide bonds. The summed E-state index contributed by atoms with van der Waals surface area (Å²) >= 11 is 3.35. The van der Waals surface area contributed by atoms with Gasteiger partial charge in [0.05, 0.1) is 28.3 Å². The summed E-state index contributed by atoms with van der Waals surface area (Å²) in [6, 6.07) is 18.6. The van der Waals surface area contributed by atoms with Crippen molar-refractivity contribution in [3.63, 3.8) is 0 Å². The molecule has 37 heavy (non-hydrogen) atoms. The first-order chi connectivity index (χ1) is 17.6. The number of anilines is 2. The van der Waals surface area contributed by atoms with Crippen LogP contribution in [0, 0.1) is 0 Å². The number of benzene rings is 3. The van der Waals surface area contributed by atoms with Crippen molar-refractivity contribution in [1.29, 1.82) is 0 Å². The van der Waals surface area contributed by atoms with Gasteiger partial charge in [-0.3, -0.25) is 9.10 Å². The van der Waals surface area contributed by atoms with Gasteiger partial charge in [0.2, 0.25) is 15.9 Å². The first-order valence-electron chi connectivity index (χ1n) is 11.4. The Hall–Kier alpha value is -2.93. The maximum absolute atomic E-state index is 13.5. The average molecular weight is 609 g/mol. The second-order valence-electron chi connectivity index (χ2n) is 8.33. The van der Waals surface area contributed by atoms with Crippen molar-refractivity contribution in [1.82, 2.24) is 4.31 Å². The predicted octanol–water partition coefficient (Wildman–Crippen LogP) is 4.08. The van der Waals surface area contributed by atoms with Crippen LogP contribution in [0.5, 0.6) is 5.75 Å². The van der Waals surface area contributed by atoms with Gasteiger partial charge >= 0.3 is 0 Å². The fraction of sp³-hybridized carbons (Fsp3) is 0.240. The lowest BCUT2D eigenvalue weighted by atomic mass is 10.3. The van der Waals surface area contributed by atoms with Crippen molar-refractivity contribution in [2.45, 2.75) is 22.6 Å². The van der Waals surface area contributed by atoms with Crippen molar-refractivity contribution in [2.24, 2.45) is 0 Å². The number of carbonyl (C=O) groups is 1. The smallest absolute Gasteiger partial charge is 0.264 e. The van der Waals surface area contributed by atoms with Gasteiger partial charge in [0.15, 0.2) is 0 Å². The minimum Gasteiger partial charge on any atom is -0.495 e. The molecule has 1 N–H and O–H groups in total. The summed E-state index contributed by atoms with van der Waals surface area (Å²) in [5, 5.41) is 2.64. The molecule has 12 heteroatoms. The molecule has 3 aromatic rings. The Labute approximate surface area is 225 Å². The summed E-state index contributed by atoms with van der Waals surface area (Å²) in [6.45, 7) is 0.323. The zero-order valence-electron chi connectivity index (χ0n) is 20.0. The molecule has 4 rings (SSSR count). The topological polar surface area (TPSA) is 113 Å². The summed E-state index contributed by atoms with van der Waals surface area (Å²) in [6.07, 6.45) is 1.58. The number of ether oxygens (including phenoxy) is 1. The summed E-state index contributed by atoms with van der Waals surface area (Å²) in [5.74, 6) is -0.429. The van der Waals surface area contributed by atoms with E-state index in [1.807, 2.05) is 0 Å². The zero-order chi connectivity index (χ0) is 26.6. The van der Waals surface area contributed by atoms with Crippen LogP contribution in [0.3, 0.4) is 0 Å². The molecule has 1 fully saturated rings. The highest BCUT2D eigenvalue weighted by molar-refractivity contribution is 9.10. The van der Waals surface area contributed by atoms with E-state index in [1.165, 1.54) is 41.7 Å². The van der Waals surface area contributed by atoms with Gasteiger partial charge in [0.25, 0.3) is 10.0 Å². The minimum absolute atomic E-state index is 0.0197. The van der Waals surface area contributed by atoms with E-state index < -0.39 is 32.5 Å². The number of sulfonamides is 2. The Kier molecular flexibility index (Phi) is 8.22. The lowest BCUT2D eigenvalue weighted by molar-refractivity contribution is -0.114. The Morgan fingerprint density at radius 3 is 2.30 bits per heavy atom. The number of hydrogen-bond donors (Lipinski definition) is 1. The molecule has 3 aromatic carbocycles. The molecule has 0 atom stereocenters. The summed E-state index contributed by atoms with van der Waals surface area (Å²) in [5.41, 5.74) is 0.407. The quantitative estimate of drug-likeness (QED) is 0.392. The third-order valence-electron chi connectivity index (χ3n) is 5.86.